The Morgan fingerprint density at radius 2 is 0.966 bits per heavy atom. The van der Waals surface area contributed by atoms with E-state index in [9.17, 15) is 0 Å². The van der Waals surface area contributed by atoms with Crippen LogP contribution < -0.4 is 24.8 Å². The van der Waals surface area contributed by atoms with Crippen LogP contribution in [0.5, 0.6) is 0 Å². The van der Waals surface area contributed by atoms with E-state index in [1.54, 1.807) is 0 Å². The van der Waals surface area contributed by atoms with Gasteiger partial charge in [-0.15, -0.1) is 39.7 Å². The van der Waals surface area contributed by atoms with Crippen LogP contribution in [-0.4, -0.2) is 3.21 Å². The molecule has 0 radical (unpaired) electrons. The molecule has 3 aliphatic carbocycles. The van der Waals surface area contributed by atoms with Gasteiger partial charge in [0, 0.05) is 10.8 Å². The maximum absolute atomic E-state index is 3.26. The van der Waals surface area contributed by atoms with Crippen LogP contribution in [0.15, 0.2) is 109 Å². The van der Waals surface area contributed by atoms with Gasteiger partial charge in [-0.1, -0.05) is 102 Å². The molecule has 0 aliphatic heterocycles. The van der Waals surface area contributed by atoms with Gasteiger partial charge >= 0.3 is 151 Å². The van der Waals surface area contributed by atoms with E-state index in [0.29, 0.717) is 11.3 Å². The number of hydrogen-bond donors (Lipinski definition) is 0. The SMILES string of the molecule is CC(C)(C)c1ccc([C](=[Zr+2])c2ccc(C(C)(C)C)cc2)cc1.CC1=CC(C)(C)c2cc3[cH-]c4cc5c(cc4c3cc21)C(C)=CC5(C)C.CC1[C-]=CC(C(C)(C)C)=C1.[Cl-].[Cl-]. The fourth-order valence-corrected chi connectivity index (χ4v) is 9.53. The summed E-state index contributed by atoms with van der Waals surface area (Å²) in [4.78, 5) is 0. The van der Waals surface area contributed by atoms with E-state index < -0.39 is 0 Å². The first kappa shape index (κ1) is 48.7. The monoisotopic (exact) mass is 898 g/mol. The van der Waals surface area contributed by atoms with Gasteiger partial charge < -0.3 is 24.8 Å². The Balaban J connectivity index is 0.000000208. The number of allylic oxidation sites excluding steroid dienone is 8. The van der Waals surface area contributed by atoms with Crippen LogP contribution in [0.4, 0.5) is 0 Å². The van der Waals surface area contributed by atoms with Crippen molar-refractivity contribution in [2.45, 2.75) is 132 Å². The van der Waals surface area contributed by atoms with Crippen molar-refractivity contribution < 1.29 is 49.0 Å². The molecule has 8 rings (SSSR count). The van der Waals surface area contributed by atoms with Crippen molar-refractivity contribution in [2.75, 3.05) is 0 Å². The first-order chi connectivity index (χ1) is 26.3. The summed E-state index contributed by atoms with van der Waals surface area (Å²) < 4.78 is 1.42. The van der Waals surface area contributed by atoms with Crippen LogP contribution in [0, 0.1) is 17.4 Å². The molecule has 0 spiro atoms. The molecule has 0 saturated carbocycles. The third-order valence-corrected chi connectivity index (χ3v) is 13.7. The molecule has 0 nitrogen and oxygen atoms in total. The van der Waals surface area contributed by atoms with E-state index in [1.807, 2.05) is 0 Å². The van der Waals surface area contributed by atoms with Gasteiger partial charge in [0.2, 0.25) is 0 Å². The summed E-state index contributed by atoms with van der Waals surface area (Å²) in [5, 5.41) is 5.57. The van der Waals surface area contributed by atoms with Crippen LogP contribution >= 0.6 is 0 Å². The van der Waals surface area contributed by atoms with Gasteiger partial charge in [0.1, 0.15) is 0 Å². The number of benzene rings is 4. The standard InChI is InChI=1S/C25H25.C21H26.C10H15.2ClH.Zr/c1-14-12-24(3,4)22-8-16-7-17-9-23-19(15(2)13-25(23,5)6)11-21(17)20(16)10-18(14)22;1-20(2,3)18-11-7-16(8-12-18)15-17-9-13-19(14-10-17)21(4,5)6;1-8-5-6-9(7-8)10(2,3)4;;;/h7-13H,1-6H3;7-14H,1-6H3;6-8H,1-4H3;2*1H;/q-1;;-1;;;+2/p-2. The third-order valence-electron chi connectivity index (χ3n) is 12.2. The van der Waals surface area contributed by atoms with Gasteiger partial charge in [0.25, 0.3) is 0 Å². The molecule has 0 N–H and O–H groups in total. The van der Waals surface area contributed by atoms with Gasteiger partial charge in [0.05, 0.1) is 0 Å². The maximum atomic E-state index is 3.26. The first-order valence-electron chi connectivity index (χ1n) is 21.0. The van der Waals surface area contributed by atoms with Crippen LogP contribution in [0.1, 0.15) is 155 Å². The second-order valence-corrected chi connectivity index (χ2v) is 22.4. The summed E-state index contributed by atoms with van der Waals surface area (Å²) in [6, 6.07) is 30.2. The molecule has 5 aromatic carbocycles. The van der Waals surface area contributed by atoms with E-state index >= 15 is 0 Å². The van der Waals surface area contributed by atoms with Crippen molar-refractivity contribution in [3.05, 3.63) is 159 Å². The molecular weight excluding hydrogens is 835 g/mol. The average Bonchev–Trinajstić information content (AvgIpc) is 3.83. The van der Waals surface area contributed by atoms with Crippen LogP contribution in [0.2, 0.25) is 0 Å². The molecule has 0 heterocycles. The summed E-state index contributed by atoms with van der Waals surface area (Å²) >= 11 is 1.46. The van der Waals surface area contributed by atoms with Gasteiger partial charge in [-0.2, -0.15) is 11.6 Å². The van der Waals surface area contributed by atoms with Crippen molar-refractivity contribution in [2.24, 2.45) is 11.3 Å². The zero-order chi connectivity index (χ0) is 42.0. The fraction of sp³-hybridized carbons (Fsp3) is 0.393. The Hall–Kier alpha value is -2.96. The zero-order valence-corrected chi connectivity index (χ0v) is 42.6. The molecule has 1 atom stereocenters. The quantitative estimate of drug-likeness (QED) is 0.155. The molecule has 0 amide bonds. The van der Waals surface area contributed by atoms with E-state index in [1.165, 1.54) is 110 Å². The van der Waals surface area contributed by atoms with Gasteiger partial charge in [-0.05, 0) is 36.1 Å². The molecule has 5 aromatic rings. The van der Waals surface area contributed by atoms with E-state index in [2.05, 4.69) is 220 Å². The molecule has 0 saturated heterocycles. The normalized spacial score (nSPS) is 17.3. The number of fused-ring (bicyclic) bond motifs is 5. The second kappa shape index (κ2) is 17.4. The van der Waals surface area contributed by atoms with Crippen LogP contribution in [0.25, 0.3) is 32.7 Å². The first-order valence-corrected chi connectivity index (χ1v) is 22.2. The van der Waals surface area contributed by atoms with E-state index in [4.69, 9.17) is 0 Å². The van der Waals surface area contributed by atoms with Crippen molar-refractivity contribution in [3.8, 4) is 0 Å². The molecule has 0 bridgehead atoms. The molecular formula is C56H66Cl2Zr-2. The maximum Gasteiger partial charge on any atom is 0.00178 e. The Morgan fingerprint density at radius 3 is 1.25 bits per heavy atom. The molecule has 310 valence electrons. The largest absolute Gasteiger partial charge is 1.00 e. The van der Waals surface area contributed by atoms with Gasteiger partial charge in [-0.3, -0.25) is 6.08 Å². The zero-order valence-electron chi connectivity index (χ0n) is 38.6. The van der Waals surface area contributed by atoms with E-state index in [0.717, 1.165) is 0 Å². The Bertz CT molecular complexity index is 2320. The number of rotatable bonds is 2. The number of halogens is 2. The minimum Gasteiger partial charge on any atom is -1.00 e. The average molecular weight is 901 g/mol. The van der Waals surface area contributed by atoms with E-state index in [-0.39, 0.29) is 46.5 Å². The summed E-state index contributed by atoms with van der Waals surface area (Å²) in [6.07, 6.45) is 12.5. The Morgan fingerprint density at radius 1 is 0.593 bits per heavy atom. The second-order valence-electron chi connectivity index (χ2n) is 21.2. The molecule has 3 heteroatoms. The van der Waals surface area contributed by atoms with Gasteiger partial charge in [-0.25, -0.2) is 6.08 Å². The van der Waals surface area contributed by atoms with Gasteiger partial charge in [0.15, 0.2) is 0 Å². The molecule has 3 aliphatic rings. The third kappa shape index (κ3) is 10.4. The minimum atomic E-state index is 0. The molecule has 0 aromatic heterocycles. The summed E-state index contributed by atoms with van der Waals surface area (Å²) in [5.74, 6) is 0.522. The number of hydrogen-bond acceptors (Lipinski definition) is 0. The predicted octanol–water partition coefficient (Wildman–Crippen LogP) is 9.47. The van der Waals surface area contributed by atoms with Crippen molar-refractivity contribution >= 4 is 35.9 Å². The van der Waals surface area contributed by atoms with Crippen molar-refractivity contribution in [1.82, 2.24) is 0 Å². The molecule has 0 fully saturated rings. The predicted molar refractivity (Wildman–Crippen MR) is 248 cm³/mol. The summed E-state index contributed by atoms with van der Waals surface area (Å²) in [7, 11) is 0. The summed E-state index contributed by atoms with van der Waals surface area (Å²) in [6.45, 7) is 36.2. The molecule has 59 heavy (non-hydrogen) atoms. The van der Waals surface area contributed by atoms with Crippen molar-refractivity contribution in [3.63, 3.8) is 0 Å². The Kier molecular flexibility index (Phi) is 14.4. The smallest absolute Gasteiger partial charge is 0.00178 e. The van der Waals surface area contributed by atoms with Crippen LogP contribution in [-0.2, 0) is 45.9 Å². The topological polar surface area (TPSA) is 0 Å². The van der Waals surface area contributed by atoms with Crippen molar-refractivity contribution in [1.29, 1.82) is 0 Å². The minimum absolute atomic E-state index is 0. The van der Waals surface area contributed by atoms with Crippen LogP contribution in [0.3, 0.4) is 0 Å². The summed E-state index contributed by atoms with van der Waals surface area (Å²) in [5.41, 5.74) is 16.5. The molecule has 1 unspecified atom stereocenters. The fourth-order valence-electron chi connectivity index (χ4n) is 8.71. The Labute approximate surface area is 385 Å².